The van der Waals surface area contributed by atoms with Gasteiger partial charge < -0.3 is 5.32 Å². The highest BCUT2D eigenvalue weighted by Crippen LogP contribution is 2.27. The lowest BCUT2D eigenvalue weighted by molar-refractivity contribution is -0.115. The molecule has 0 spiro atoms. The number of hydrogen-bond acceptors (Lipinski definition) is 3. The van der Waals surface area contributed by atoms with Gasteiger partial charge in [0.15, 0.2) is 0 Å². The molecule has 0 saturated heterocycles. The number of halogens is 1. The Kier molecular flexibility index (Phi) is 4.98. The molecular formula is C21H21FN4O. The maximum atomic E-state index is 13.3. The lowest BCUT2D eigenvalue weighted by Gasteiger charge is -2.09. The fraction of sp³-hybridized carbons (Fsp3) is 0.238. The Morgan fingerprint density at radius 3 is 2.56 bits per heavy atom. The smallest absolute Gasteiger partial charge is 0.240 e. The number of anilines is 1. The standard InChI is InChI=1S/C21H21FN4O/c22-17-8-10-18(11-9-17)26-14-19(16-4-2-1-3-5-16)24-21(26)25-20(27)13-23-12-15-6-7-15/h1-5,8-11,14-15,23H,6-7,12-13H2,(H,24,25,27). The molecule has 1 heterocycles. The first-order chi connectivity index (χ1) is 13.2. The van der Waals surface area contributed by atoms with E-state index >= 15 is 0 Å². The van der Waals surface area contributed by atoms with E-state index in [4.69, 9.17) is 0 Å². The van der Waals surface area contributed by atoms with E-state index in [0.717, 1.165) is 23.5 Å². The summed E-state index contributed by atoms with van der Waals surface area (Å²) in [6, 6.07) is 15.8. The molecule has 4 rings (SSSR count). The molecule has 6 heteroatoms. The summed E-state index contributed by atoms with van der Waals surface area (Å²) in [4.78, 5) is 16.9. The predicted molar refractivity (Wildman–Crippen MR) is 103 cm³/mol. The van der Waals surface area contributed by atoms with Crippen molar-refractivity contribution in [2.75, 3.05) is 18.4 Å². The zero-order valence-electron chi connectivity index (χ0n) is 14.9. The van der Waals surface area contributed by atoms with Crippen molar-refractivity contribution in [2.24, 2.45) is 5.92 Å². The molecule has 1 aliphatic rings. The lowest BCUT2D eigenvalue weighted by atomic mass is 10.2. The molecule has 27 heavy (non-hydrogen) atoms. The molecule has 0 atom stereocenters. The summed E-state index contributed by atoms with van der Waals surface area (Å²) >= 11 is 0. The molecule has 1 aliphatic carbocycles. The van der Waals surface area contributed by atoms with Crippen molar-refractivity contribution < 1.29 is 9.18 Å². The summed E-state index contributed by atoms with van der Waals surface area (Å²) in [6.07, 6.45) is 4.32. The summed E-state index contributed by atoms with van der Waals surface area (Å²) in [5.41, 5.74) is 2.41. The van der Waals surface area contributed by atoms with E-state index in [2.05, 4.69) is 15.6 Å². The first-order valence-electron chi connectivity index (χ1n) is 9.10. The van der Waals surface area contributed by atoms with Gasteiger partial charge >= 0.3 is 0 Å². The van der Waals surface area contributed by atoms with Crippen molar-refractivity contribution in [1.29, 1.82) is 0 Å². The molecule has 1 saturated carbocycles. The monoisotopic (exact) mass is 364 g/mol. The Morgan fingerprint density at radius 2 is 1.85 bits per heavy atom. The average Bonchev–Trinajstić information content (AvgIpc) is 3.42. The number of rotatable bonds is 7. The Labute approximate surface area is 157 Å². The van der Waals surface area contributed by atoms with Crippen molar-refractivity contribution in [3.63, 3.8) is 0 Å². The summed E-state index contributed by atoms with van der Waals surface area (Å²) < 4.78 is 15.1. The number of aromatic nitrogens is 2. The minimum Gasteiger partial charge on any atom is -0.308 e. The van der Waals surface area contributed by atoms with Crippen LogP contribution in [0.4, 0.5) is 10.3 Å². The third-order valence-electron chi connectivity index (χ3n) is 4.55. The van der Waals surface area contributed by atoms with Gasteiger partial charge in [0.25, 0.3) is 0 Å². The van der Waals surface area contributed by atoms with E-state index in [1.165, 1.54) is 25.0 Å². The van der Waals surface area contributed by atoms with Gasteiger partial charge in [0.05, 0.1) is 12.2 Å². The number of hydrogen-bond donors (Lipinski definition) is 2. The van der Waals surface area contributed by atoms with Crippen molar-refractivity contribution >= 4 is 11.9 Å². The van der Waals surface area contributed by atoms with Crippen LogP contribution in [-0.2, 0) is 4.79 Å². The molecule has 138 valence electrons. The molecule has 2 aromatic carbocycles. The van der Waals surface area contributed by atoms with Gasteiger partial charge in [-0.3, -0.25) is 14.7 Å². The second kappa shape index (κ2) is 7.72. The van der Waals surface area contributed by atoms with E-state index in [-0.39, 0.29) is 18.3 Å². The van der Waals surface area contributed by atoms with Gasteiger partial charge in [-0.25, -0.2) is 9.37 Å². The maximum Gasteiger partial charge on any atom is 0.240 e. The van der Waals surface area contributed by atoms with E-state index < -0.39 is 0 Å². The highest BCUT2D eigenvalue weighted by atomic mass is 19.1. The Bertz CT molecular complexity index is 917. The number of imidazole rings is 1. The van der Waals surface area contributed by atoms with Crippen molar-refractivity contribution in [2.45, 2.75) is 12.8 Å². The van der Waals surface area contributed by atoms with Gasteiger partial charge in [-0.15, -0.1) is 0 Å². The molecular weight excluding hydrogens is 343 g/mol. The molecule has 5 nitrogen and oxygen atoms in total. The van der Waals surface area contributed by atoms with Crippen LogP contribution >= 0.6 is 0 Å². The van der Waals surface area contributed by atoms with Crippen LogP contribution < -0.4 is 10.6 Å². The van der Waals surface area contributed by atoms with E-state index in [1.54, 1.807) is 16.7 Å². The zero-order valence-corrected chi connectivity index (χ0v) is 14.9. The SMILES string of the molecule is O=C(CNCC1CC1)Nc1nc(-c2ccccc2)cn1-c1ccc(F)cc1. The molecule has 1 amide bonds. The summed E-state index contributed by atoms with van der Waals surface area (Å²) in [5.74, 6) is 0.670. The van der Waals surface area contributed by atoms with Crippen LogP contribution in [0.1, 0.15) is 12.8 Å². The minimum absolute atomic E-state index is 0.149. The van der Waals surface area contributed by atoms with Crippen LogP contribution in [0.15, 0.2) is 60.8 Å². The zero-order chi connectivity index (χ0) is 18.6. The molecule has 1 fully saturated rings. The number of carbonyl (C=O) groups excluding carboxylic acids is 1. The van der Waals surface area contributed by atoms with Gasteiger partial charge in [-0.05, 0) is 49.6 Å². The highest BCUT2D eigenvalue weighted by Gasteiger charge is 2.21. The first kappa shape index (κ1) is 17.4. The molecule has 0 radical (unpaired) electrons. The second-order valence-corrected chi connectivity index (χ2v) is 6.78. The fourth-order valence-corrected chi connectivity index (χ4v) is 2.90. The number of nitrogens with zero attached hydrogens (tertiary/aromatic N) is 2. The van der Waals surface area contributed by atoms with E-state index in [1.807, 2.05) is 36.5 Å². The molecule has 3 aromatic rings. The number of amides is 1. The fourth-order valence-electron chi connectivity index (χ4n) is 2.90. The summed E-state index contributed by atoms with van der Waals surface area (Å²) in [5, 5.41) is 6.04. The quantitative estimate of drug-likeness (QED) is 0.673. The second-order valence-electron chi connectivity index (χ2n) is 6.78. The molecule has 0 aliphatic heterocycles. The van der Waals surface area contributed by atoms with E-state index in [9.17, 15) is 9.18 Å². The van der Waals surface area contributed by atoms with Crippen molar-refractivity contribution in [1.82, 2.24) is 14.9 Å². The Balaban J connectivity index is 1.58. The third-order valence-corrected chi connectivity index (χ3v) is 4.55. The summed E-state index contributed by atoms with van der Waals surface area (Å²) in [6.45, 7) is 1.11. The number of carbonyl (C=O) groups is 1. The average molecular weight is 364 g/mol. The van der Waals surface area contributed by atoms with E-state index in [0.29, 0.717) is 11.9 Å². The largest absolute Gasteiger partial charge is 0.308 e. The third kappa shape index (κ3) is 4.41. The van der Waals surface area contributed by atoms with Crippen LogP contribution in [0.2, 0.25) is 0 Å². The maximum absolute atomic E-state index is 13.3. The molecule has 0 bridgehead atoms. The number of nitrogens with one attached hydrogen (secondary N) is 2. The van der Waals surface area contributed by atoms with Gasteiger partial charge in [0, 0.05) is 17.4 Å². The Hall–Kier alpha value is -2.99. The van der Waals surface area contributed by atoms with Crippen LogP contribution in [0.3, 0.4) is 0 Å². The highest BCUT2D eigenvalue weighted by molar-refractivity contribution is 5.91. The van der Waals surface area contributed by atoms with Gasteiger partial charge in [0.2, 0.25) is 11.9 Å². The van der Waals surface area contributed by atoms with Gasteiger partial charge in [-0.2, -0.15) is 0 Å². The first-order valence-corrected chi connectivity index (χ1v) is 9.10. The molecule has 0 unspecified atom stereocenters. The topological polar surface area (TPSA) is 59.0 Å². The van der Waals surface area contributed by atoms with Gasteiger partial charge in [-0.1, -0.05) is 30.3 Å². The Morgan fingerprint density at radius 1 is 1.11 bits per heavy atom. The molecule has 1 aromatic heterocycles. The van der Waals surface area contributed by atoms with Crippen molar-refractivity contribution in [3.8, 4) is 16.9 Å². The van der Waals surface area contributed by atoms with Crippen LogP contribution in [0.5, 0.6) is 0 Å². The van der Waals surface area contributed by atoms with Crippen LogP contribution in [0, 0.1) is 11.7 Å². The summed E-state index contributed by atoms with van der Waals surface area (Å²) in [7, 11) is 0. The van der Waals surface area contributed by atoms with Gasteiger partial charge in [0.1, 0.15) is 5.82 Å². The number of benzene rings is 2. The lowest BCUT2D eigenvalue weighted by Crippen LogP contribution is -2.30. The predicted octanol–water partition coefficient (Wildman–Crippen LogP) is 3.62. The van der Waals surface area contributed by atoms with Crippen LogP contribution in [0.25, 0.3) is 16.9 Å². The minimum atomic E-state index is -0.308. The normalized spacial score (nSPS) is 13.5. The molecule has 2 N–H and O–H groups in total. The van der Waals surface area contributed by atoms with Crippen molar-refractivity contribution in [3.05, 3.63) is 66.6 Å². The van der Waals surface area contributed by atoms with Crippen LogP contribution in [-0.4, -0.2) is 28.5 Å².